The molecule has 0 saturated carbocycles. The number of para-hydroxylation sites is 3. The molecule has 2 rings (SSSR count). The lowest BCUT2D eigenvalue weighted by Crippen LogP contribution is -2.28. The maximum atomic E-state index is 12.0. The van der Waals surface area contributed by atoms with Gasteiger partial charge in [-0.3, -0.25) is 9.59 Å². The van der Waals surface area contributed by atoms with Crippen molar-refractivity contribution in [3.8, 4) is 11.5 Å². The first-order chi connectivity index (χ1) is 11.2. The summed E-state index contributed by atoms with van der Waals surface area (Å²) in [4.78, 5) is 23.5. The van der Waals surface area contributed by atoms with E-state index in [1.165, 1.54) is 0 Å². The molecule has 0 atom stereocenters. The minimum absolute atomic E-state index is 0.209. The number of hydrogen-bond acceptors (Lipinski definition) is 3. The van der Waals surface area contributed by atoms with E-state index in [-0.39, 0.29) is 18.2 Å². The fourth-order valence-electron chi connectivity index (χ4n) is 1.94. The molecule has 5 nitrogen and oxygen atoms in total. The highest BCUT2D eigenvalue weighted by molar-refractivity contribution is 6.04. The fourth-order valence-corrected chi connectivity index (χ4v) is 1.94. The highest BCUT2D eigenvalue weighted by Crippen LogP contribution is 2.29. The van der Waals surface area contributed by atoms with Crippen molar-refractivity contribution in [1.29, 1.82) is 0 Å². The van der Waals surface area contributed by atoms with Crippen LogP contribution in [0.15, 0.2) is 54.6 Å². The SMILES string of the molecule is CCCNC(=O)CC(=O)Nc1ccccc1Oc1ccccc1. The molecular weight excluding hydrogens is 292 g/mol. The Hall–Kier alpha value is -2.82. The van der Waals surface area contributed by atoms with E-state index < -0.39 is 0 Å². The van der Waals surface area contributed by atoms with Crippen molar-refractivity contribution < 1.29 is 14.3 Å². The number of anilines is 1. The number of nitrogens with one attached hydrogen (secondary N) is 2. The predicted molar refractivity (Wildman–Crippen MR) is 89.5 cm³/mol. The van der Waals surface area contributed by atoms with Crippen LogP contribution in [0.3, 0.4) is 0 Å². The quantitative estimate of drug-likeness (QED) is 0.771. The van der Waals surface area contributed by atoms with Crippen molar-refractivity contribution in [2.75, 3.05) is 11.9 Å². The van der Waals surface area contributed by atoms with Crippen molar-refractivity contribution in [3.63, 3.8) is 0 Å². The molecule has 0 spiro atoms. The average molecular weight is 312 g/mol. The molecule has 2 N–H and O–H groups in total. The van der Waals surface area contributed by atoms with E-state index in [9.17, 15) is 9.59 Å². The molecule has 5 heteroatoms. The average Bonchev–Trinajstić information content (AvgIpc) is 2.55. The van der Waals surface area contributed by atoms with Crippen LogP contribution in [0.4, 0.5) is 5.69 Å². The number of ether oxygens (including phenoxy) is 1. The minimum Gasteiger partial charge on any atom is -0.455 e. The molecule has 0 bridgehead atoms. The van der Waals surface area contributed by atoms with Crippen LogP contribution >= 0.6 is 0 Å². The number of rotatable bonds is 7. The van der Waals surface area contributed by atoms with Crippen molar-refractivity contribution in [1.82, 2.24) is 5.32 Å². The smallest absolute Gasteiger partial charge is 0.233 e. The monoisotopic (exact) mass is 312 g/mol. The lowest BCUT2D eigenvalue weighted by atomic mass is 10.2. The molecule has 2 amide bonds. The van der Waals surface area contributed by atoms with Crippen LogP contribution in [0, 0.1) is 0 Å². The van der Waals surface area contributed by atoms with Gasteiger partial charge in [0.15, 0.2) is 5.75 Å². The third-order valence-electron chi connectivity index (χ3n) is 3.03. The second kappa shape index (κ2) is 8.58. The van der Waals surface area contributed by atoms with Gasteiger partial charge in [-0.2, -0.15) is 0 Å². The third-order valence-corrected chi connectivity index (χ3v) is 3.03. The largest absolute Gasteiger partial charge is 0.455 e. The van der Waals surface area contributed by atoms with Crippen LogP contribution in [0.5, 0.6) is 11.5 Å². The van der Waals surface area contributed by atoms with Crippen LogP contribution in [0.1, 0.15) is 19.8 Å². The van der Waals surface area contributed by atoms with Gasteiger partial charge in [-0.05, 0) is 30.7 Å². The molecule has 0 fully saturated rings. The molecular formula is C18H20N2O3. The van der Waals surface area contributed by atoms with Crippen LogP contribution in [-0.4, -0.2) is 18.4 Å². The van der Waals surface area contributed by atoms with Gasteiger partial charge in [0.05, 0.1) is 5.69 Å². The zero-order valence-electron chi connectivity index (χ0n) is 13.0. The number of carbonyl (C=O) groups excluding carboxylic acids is 2. The van der Waals surface area contributed by atoms with Gasteiger partial charge in [-0.25, -0.2) is 0 Å². The van der Waals surface area contributed by atoms with E-state index in [1.807, 2.05) is 43.3 Å². The summed E-state index contributed by atoms with van der Waals surface area (Å²) < 4.78 is 5.76. The summed E-state index contributed by atoms with van der Waals surface area (Å²) >= 11 is 0. The summed E-state index contributed by atoms with van der Waals surface area (Å²) in [7, 11) is 0. The van der Waals surface area contributed by atoms with Gasteiger partial charge >= 0.3 is 0 Å². The summed E-state index contributed by atoms with van der Waals surface area (Å²) in [5.41, 5.74) is 0.532. The molecule has 0 aliphatic heterocycles. The Morgan fingerprint density at radius 2 is 1.65 bits per heavy atom. The maximum absolute atomic E-state index is 12.0. The molecule has 2 aromatic carbocycles. The Balaban J connectivity index is 2.00. The Kier molecular flexibility index (Phi) is 6.17. The van der Waals surface area contributed by atoms with Gasteiger partial charge in [0, 0.05) is 6.54 Å². The van der Waals surface area contributed by atoms with Gasteiger partial charge in [-0.15, -0.1) is 0 Å². The van der Waals surface area contributed by atoms with E-state index in [0.717, 1.165) is 6.42 Å². The normalized spacial score (nSPS) is 9.96. The summed E-state index contributed by atoms with van der Waals surface area (Å²) in [6, 6.07) is 16.4. The van der Waals surface area contributed by atoms with Crippen molar-refractivity contribution in [2.45, 2.75) is 19.8 Å². The number of benzene rings is 2. The molecule has 0 aliphatic carbocycles. The van der Waals surface area contributed by atoms with Gasteiger partial charge < -0.3 is 15.4 Å². The Labute approximate surface area is 135 Å². The number of hydrogen-bond donors (Lipinski definition) is 2. The Bertz CT molecular complexity index is 656. The topological polar surface area (TPSA) is 67.4 Å². The molecule has 0 saturated heterocycles. The molecule has 2 aromatic rings. The maximum Gasteiger partial charge on any atom is 0.233 e. The second-order valence-corrected chi connectivity index (χ2v) is 4.99. The molecule has 23 heavy (non-hydrogen) atoms. The molecule has 0 aliphatic rings. The molecule has 0 heterocycles. The van der Waals surface area contributed by atoms with Gasteiger partial charge in [0.25, 0.3) is 0 Å². The van der Waals surface area contributed by atoms with Crippen LogP contribution in [-0.2, 0) is 9.59 Å². The molecule has 0 radical (unpaired) electrons. The predicted octanol–water partition coefficient (Wildman–Crippen LogP) is 3.33. The second-order valence-electron chi connectivity index (χ2n) is 4.99. The highest BCUT2D eigenvalue weighted by Gasteiger charge is 2.12. The molecule has 120 valence electrons. The first kappa shape index (κ1) is 16.5. The minimum atomic E-state index is -0.372. The lowest BCUT2D eigenvalue weighted by Gasteiger charge is -2.12. The Morgan fingerprint density at radius 3 is 2.39 bits per heavy atom. The van der Waals surface area contributed by atoms with Crippen LogP contribution in [0.25, 0.3) is 0 Å². The van der Waals surface area contributed by atoms with Gasteiger partial charge in [0.2, 0.25) is 11.8 Å². The van der Waals surface area contributed by atoms with Gasteiger partial charge in [-0.1, -0.05) is 37.3 Å². The van der Waals surface area contributed by atoms with Crippen LogP contribution in [0.2, 0.25) is 0 Å². The Morgan fingerprint density at radius 1 is 0.957 bits per heavy atom. The van der Waals surface area contributed by atoms with Crippen LogP contribution < -0.4 is 15.4 Å². The van der Waals surface area contributed by atoms with E-state index >= 15 is 0 Å². The summed E-state index contributed by atoms with van der Waals surface area (Å²) in [6.45, 7) is 2.53. The van der Waals surface area contributed by atoms with E-state index in [2.05, 4.69) is 10.6 Å². The number of amides is 2. The van der Waals surface area contributed by atoms with E-state index in [1.54, 1.807) is 18.2 Å². The summed E-state index contributed by atoms with van der Waals surface area (Å²) in [5, 5.41) is 5.39. The van der Waals surface area contributed by atoms with Crippen molar-refractivity contribution in [2.24, 2.45) is 0 Å². The first-order valence-electron chi connectivity index (χ1n) is 7.57. The summed E-state index contributed by atoms with van der Waals surface area (Å²) in [5.74, 6) is 0.546. The zero-order valence-corrected chi connectivity index (χ0v) is 13.0. The van der Waals surface area contributed by atoms with Crippen molar-refractivity contribution in [3.05, 3.63) is 54.6 Å². The van der Waals surface area contributed by atoms with Gasteiger partial charge in [0.1, 0.15) is 12.2 Å². The summed E-state index contributed by atoms with van der Waals surface area (Å²) in [6.07, 6.45) is 0.626. The van der Waals surface area contributed by atoms with E-state index in [4.69, 9.17) is 4.74 Å². The molecule has 0 unspecified atom stereocenters. The highest BCUT2D eigenvalue weighted by atomic mass is 16.5. The zero-order chi connectivity index (χ0) is 16.5. The lowest BCUT2D eigenvalue weighted by molar-refractivity contribution is -0.126. The first-order valence-corrected chi connectivity index (χ1v) is 7.57. The fraction of sp³-hybridized carbons (Fsp3) is 0.222. The number of carbonyl (C=O) groups is 2. The standard InChI is InChI=1S/C18H20N2O3/c1-2-12-19-17(21)13-18(22)20-15-10-6-7-11-16(15)23-14-8-4-3-5-9-14/h3-11H,2,12-13H2,1H3,(H,19,21)(H,20,22). The third kappa shape index (κ3) is 5.47. The molecule has 0 aromatic heterocycles. The van der Waals surface area contributed by atoms with E-state index in [0.29, 0.717) is 23.7 Å². The van der Waals surface area contributed by atoms with Crippen molar-refractivity contribution >= 4 is 17.5 Å².